The van der Waals surface area contributed by atoms with Crippen molar-refractivity contribution in [2.24, 2.45) is 5.41 Å². The maximum Gasteiger partial charge on any atom is 0.417 e. The summed E-state index contributed by atoms with van der Waals surface area (Å²) < 4.78 is 42.2. The molecule has 1 aromatic heterocycles. The van der Waals surface area contributed by atoms with E-state index in [1.807, 2.05) is 20.8 Å². The SMILES string of the molecule is CCC(C)(C)COc1ccc(C(F)(F)F)cn1. The van der Waals surface area contributed by atoms with E-state index in [-0.39, 0.29) is 11.3 Å². The molecule has 0 aliphatic heterocycles. The van der Waals surface area contributed by atoms with Crippen LogP contribution in [-0.2, 0) is 6.18 Å². The van der Waals surface area contributed by atoms with Gasteiger partial charge in [-0.25, -0.2) is 4.98 Å². The summed E-state index contributed by atoms with van der Waals surface area (Å²) >= 11 is 0. The van der Waals surface area contributed by atoms with Gasteiger partial charge in [0, 0.05) is 12.3 Å². The van der Waals surface area contributed by atoms with Gasteiger partial charge in [-0.2, -0.15) is 13.2 Å². The third-order valence-corrected chi connectivity index (χ3v) is 2.63. The van der Waals surface area contributed by atoms with Crippen LogP contribution >= 0.6 is 0 Å². The number of halogens is 3. The lowest BCUT2D eigenvalue weighted by Gasteiger charge is -2.22. The quantitative estimate of drug-likeness (QED) is 0.804. The van der Waals surface area contributed by atoms with Crippen LogP contribution < -0.4 is 4.74 Å². The molecule has 0 unspecified atom stereocenters. The summed E-state index contributed by atoms with van der Waals surface area (Å²) in [5.74, 6) is 0.222. The minimum absolute atomic E-state index is 0.00955. The molecule has 96 valence electrons. The normalized spacial score (nSPS) is 12.6. The molecule has 17 heavy (non-hydrogen) atoms. The molecule has 0 aliphatic carbocycles. The topological polar surface area (TPSA) is 22.1 Å². The Morgan fingerprint density at radius 3 is 2.29 bits per heavy atom. The Hall–Kier alpha value is -1.26. The molecule has 0 fully saturated rings. The largest absolute Gasteiger partial charge is 0.477 e. The van der Waals surface area contributed by atoms with Crippen LogP contribution in [0.15, 0.2) is 18.3 Å². The second kappa shape index (κ2) is 4.94. The third kappa shape index (κ3) is 4.24. The summed E-state index contributed by atoms with van der Waals surface area (Å²) in [6, 6.07) is 2.22. The van der Waals surface area contributed by atoms with Gasteiger partial charge in [0.25, 0.3) is 0 Å². The van der Waals surface area contributed by atoms with Gasteiger partial charge in [-0.05, 0) is 17.9 Å². The molecule has 5 heteroatoms. The summed E-state index contributed by atoms with van der Waals surface area (Å²) in [7, 11) is 0. The van der Waals surface area contributed by atoms with E-state index in [1.165, 1.54) is 6.07 Å². The Bertz CT molecular complexity index is 357. The lowest BCUT2D eigenvalue weighted by Crippen LogP contribution is -2.20. The fourth-order valence-corrected chi connectivity index (χ4v) is 1.00. The van der Waals surface area contributed by atoms with E-state index in [2.05, 4.69) is 4.98 Å². The second-order valence-electron chi connectivity index (χ2n) is 4.69. The van der Waals surface area contributed by atoms with Crippen molar-refractivity contribution in [3.05, 3.63) is 23.9 Å². The van der Waals surface area contributed by atoms with Crippen molar-refractivity contribution >= 4 is 0 Å². The Morgan fingerprint density at radius 2 is 1.88 bits per heavy atom. The number of ether oxygens (including phenoxy) is 1. The molecule has 2 nitrogen and oxygen atoms in total. The molecule has 0 spiro atoms. The lowest BCUT2D eigenvalue weighted by molar-refractivity contribution is -0.137. The molecule has 0 amide bonds. The highest BCUT2D eigenvalue weighted by molar-refractivity contribution is 5.20. The first-order valence-electron chi connectivity index (χ1n) is 5.41. The maximum absolute atomic E-state index is 12.3. The van der Waals surface area contributed by atoms with Gasteiger partial charge < -0.3 is 4.74 Å². The first-order chi connectivity index (χ1) is 7.74. The van der Waals surface area contributed by atoms with Gasteiger partial charge in [0.15, 0.2) is 0 Å². The van der Waals surface area contributed by atoms with E-state index >= 15 is 0 Å². The Morgan fingerprint density at radius 1 is 1.24 bits per heavy atom. The highest BCUT2D eigenvalue weighted by Crippen LogP contribution is 2.29. The Labute approximate surface area is 98.8 Å². The van der Waals surface area contributed by atoms with E-state index in [4.69, 9.17) is 4.74 Å². The van der Waals surface area contributed by atoms with Crippen LogP contribution in [0.25, 0.3) is 0 Å². The molecule has 0 aliphatic rings. The highest BCUT2D eigenvalue weighted by atomic mass is 19.4. The van der Waals surface area contributed by atoms with Crippen LogP contribution in [0.2, 0.25) is 0 Å². The van der Waals surface area contributed by atoms with E-state index < -0.39 is 11.7 Å². The highest BCUT2D eigenvalue weighted by Gasteiger charge is 2.30. The first kappa shape index (κ1) is 13.8. The molecule has 0 N–H and O–H groups in total. The van der Waals surface area contributed by atoms with Crippen molar-refractivity contribution in [1.82, 2.24) is 4.98 Å². The van der Waals surface area contributed by atoms with E-state index in [0.29, 0.717) is 6.61 Å². The molecule has 0 aromatic carbocycles. The standard InChI is InChI=1S/C12H16F3NO/c1-4-11(2,3)8-17-10-6-5-9(7-16-10)12(13,14)15/h5-7H,4,8H2,1-3H3. The zero-order valence-corrected chi connectivity index (χ0v) is 10.1. The van der Waals surface area contributed by atoms with E-state index in [9.17, 15) is 13.2 Å². The fraction of sp³-hybridized carbons (Fsp3) is 0.583. The number of nitrogens with zero attached hydrogens (tertiary/aromatic N) is 1. The minimum Gasteiger partial charge on any atom is -0.477 e. The fourth-order valence-electron chi connectivity index (χ4n) is 1.00. The molecular weight excluding hydrogens is 231 g/mol. The second-order valence-corrected chi connectivity index (χ2v) is 4.69. The number of hydrogen-bond acceptors (Lipinski definition) is 2. The predicted molar refractivity (Wildman–Crippen MR) is 58.8 cm³/mol. The molecule has 1 heterocycles. The number of aromatic nitrogens is 1. The maximum atomic E-state index is 12.3. The molecule has 1 aromatic rings. The molecule has 0 atom stereocenters. The molecule has 0 bridgehead atoms. The lowest BCUT2D eigenvalue weighted by atomic mass is 9.92. The minimum atomic E-state index is -4.35. The van der Waals surface area contributed by atoms with Gasteiger partial charge in [-0.15, -0.1) is 0 Å². The summed E-state index contributed by atoms with van der Waals surface area (Å²) in [4.78, 5) is 3.64. The van der Waals surface area contributed by atoms with Gasteiger partial charge in [0.2, 0.25) is 5.88 Å². The molecule has 0 radical (unpaired) electrons. The van der Waals surface area contributed by atoms with Crippen molar-refractivity contribution in [3.63, 3.8) is 0 Å². The summed E-state index contributed by atoms with van der Waals surface area (Å²) in [5, 5.41) is 0. The molecule has 0 saturated heterocycles. The average molecular weight is 247 g/mol. The van der Waals surface area contributed by atoms with E-state index in [1.54, 1.807) is 0 Å². The van der Waals surface area contributed by atoms with Crippen molar-refractivity contribution in [2.75, 3.05) is 6.61 Å². The van der Waals surface area contributed by atoms with Crippen LogP contribution in [0.5, 0.6) is 5.88 Å². The van der Waals surface area contributed by atoms with Crippen molar-refractivity contribution in [1.29, 1.82) is 0 Å². The number of rotatable bonds is 4. The molecule has 0 saturated carbocycles. The van der Waals surface area contributed by atoms with Gasteiger partial charge in [-0.1, -0.05) is 20.8 Å². The summed E-state index contributed by atoms with van der Waals surface area (Å²) in [5.41, 5.74) is -0.774. The number of hydrogen-bond donors (Lipinski definition) is 0. The molecule has 1 rings (SSSR count). The number of alkyl halides is 3. The zero-order chi connectivity index (χ0) is 13.1. The Balaban J connectivity index is 2.64. The van der Waals surface area contributed by atoms with Crippen LogP contribution in [0.1, 0.15) is 32.8 Å². The predicted octanol–water partition coefficient (Wildman–Crippen LogP) is 3.92. The van der Waals surface area contributed by atoms with Crippen molar-refractivity contribution < 1.29 is 17.9 Å². The van der Waals surface area contributed by atoms with E-state index in [0.717, 1.165) is 18.7 Å². The smallest absolute Gasteiger partial charge is 0.417 e. The van der Waals surface area contributed by atoms with Gasteiger partial charge in [0.1, 0.15) is 0 Å². The zero-order valence-electron chi connectivity index (χ0n) is 10.1. The van der Waals surface area contributed by atoms with Crippen LogP contribution in [0.3, 0.4) is 0 Å². The molecular formula is C12H16F3NO. The van der Waals surface area contributed by atoms with Crippen molar-refractivity contribution in [3.8, 4) is 5.88 Å². The van der Waals surface area contributed by atoms with Gasteiger partial charge in [-0.3, -0.25) is 0 Å². The van der Waals surface area contributed by atoms with Crippen LogP contribution in [0, 0.1) is 5.41 Å². The third-order valence-electron chi connectivity index (χ3n) is 2.63. The average Bonchev–Trinajstić information content (AvgIpc) is 2.26. The Kier molecular flexibility index (Phi) is 4.01. The summed E-state index contributed by atoms with van der Waals surface area (Å²) in [6.45, 7) is 6.51. The van der Waals surface area contributed by atoms with Gasteiger partial charge in [0.05, 0.1) is 12.2 Å². The first-order valence-corrected chi connectivity index (χ1v) is 5.41. The summed E-state index contributed by atoms with van der Waals surface area (Å²) in [6.07, 6.45) is -2.64. The van der Waals surface area contributed by atoms with Gasteiger partial charge >= 0.3 is 6.18 Å². The van der Waals surface area contributed by atoms with Crippen LogP contribution in [0.4, 0.5) is 13.2 Å². The monoisotopic (exact) mass is 247 g/mol. The van der Waals surface area contributed by atoms with Crippen molar-refractivity contribution in [2.45, 2.75) is 33.4 Å². The van der Waals surface area contributed by atoms with Crippen LogP contribution in [-0.4, -0.2) is 11.6 Å². The number of pyridine rings is 1.